The average Bonchev–Trinajstić information content (AvgIpc) is 3.47. The largest absolute Gasteiger partial charge is 0.462 e. The molecule has 1 atom stereocenters. The Morgan fingerprint density at radius 1 is 0.272 bits per heavy atom. The molecule has 0 aromatic heterocycles. The first-order valence-electron chi connectivity index (χ1n) is 32.3. The van der Waals surface area contributed by atoms with Crippen LogP contribution < -0.4 is 0 Å². The van der Waals surface area contributed by atoms with Crippen LogP contribution in [0.25, 0.3) is 0 Å². The molecule has 1 unspecified atom stereocenters. The summed E-state index contributed by atoms with van der Waals surface area (Å²) in [6, 6.07) is 0. The Bertz CT molecular complexity index is 1900. The van der Waals surface area contributed by atoms with Gasteiger partial charge in [-0.2, -0.15) is 0 Å². The molecule has 0 heterocycles. The molecule has 0 amide bonds. The standard InChI is InChI=1S/C75H116O6/c1-4-7-10-13-16-19-22-25-28-30-32-34-36-37-39-40-42-44-47-50-53-56-59-62-65-68-74(77)80-71-72(70-79-73(76)67-64-61-58-55-52-49-46-27-24-21-18-15-12-9-6-3)81-75(78)69-66-63-60-57-54-51-48-45-43-41-38-35-33-31-29-26-23-20-17-14-11-8-5-2/h7,9-10,12,16,18-19,21,23,25-28,31-34,37-39,41-42,44,46,50,52-53,55,61,64,72H,4-6,8,11,13-15,17,20,22,24,29-30,35-36,40,43,45,47-49,51,54,56-60,62-63,65-71H2,1-3H3/b10-7-,12-9-,19-16-,21-18-,26-23-,28-25-,33-31-,34-32-,39-37-,41-38-,44-42-,46-27-,53-50-,55-52-,64-61-. The van der Waals surface area contributed by atoms with Gasteiger partial charge in [0.15, 0.2) is 6.10 Å². The van der Waals surface area contributed by atoms with Crippen LogP contribution >= 0.6 is 0 Å². The van der Waals surface area contributed by atoms with Crippen LogP contribution in [0.15, 0.2) is 182 Å². The van der Waals surface area contributed by atoms with E-state index in [4.69, 9.17) is 14.2 Å². The van der Waals surface area contributed by atoms with E-state index in [1.54, 1.807) is 6.08 Å². The van der Waals surface area contributed by atoms with Gasteiger partial charge in [-0.25, -0.2) is 0 Å². The fraction of sp³-hybridized carbons (Fsp3) is 0.560. The second kappa shape index (κ2) is 67.0. The van der Waals surface area contributed by atoms with Gasteiger partial charge in [-0.3, -0.25) is 14.4 Å². The summed E-state index contributed by atoms with van der Waals surface area (Å²) in [5.74, 6) is -1.12. The molecule has 0 aliphatic heterocycles. The minimum absolute atomic E-state index is 0.109. The first-order chi connectivity index (χ1) is 40.0. The smallest absolute Gasteiger partial charge is 0.309 e. The first-order valence-corrected chi connectivity index (χ1v) is 32.3. The maximum Gasteiger partial charge on any atom is 0.309 e. The minimum Gasteiger partial charge on any atom is -0.462 e. The quantitative estimate of drug-likeness (QED) is 0.0261. The lowest BCUT2D eigenvalue weighted by molar-refractivity contribution is -0.166. The maximum absolute atomic E-state index is 12.9. The summed E-state index contributed by atoms with van der Waals surface area (Å²) in [6.45, 7) is 6.27. The lowest BCUT2D eigenvalue weighted by Crippen LogP contribution is -2.30. The number of allylic oxidation sites excluding steroid dienone is 29. The van der Waals surface area contributed by atoms with E-state index in [1.807, 2.05) is 6.08 Å². The van der Waals surface area contributed by atoms with Gasteiger partial charge in [-0.1, -0.05) is 274 Å². The molecule has 0 radical (unpaired) electrons. The number of esters is 3. The Balaban J connectivity index is 4.56. The molecule has 0 spiro atoms. The molecular weight excluding hydrogens is 997 g/mol. The van der Waals surface area contributed by atoms with Crippen LogP contribution in [-0.4, -0.2) is 37.2 Å². The van der Waals surface area contributed by atoms with E-state index >= 15 is 0 Å². The van der Waals surface area contributed by atoms with E-state index in [0.717, 1.165) is 148 Å². The van der Waals surface area contributed by atoms with Gasteiger partial charge in [0.05, 0.1) is 6.42 Å². The molecule has 6 nitrogen and oxygen atoms in total. The molecule has 6 heteroatoms. The second-order valence-electron chi connectivity index (χ2n) is 20.6. The average molecular weight is 1110 g/mol. The van der Waals surface area contributed by atoms with Gasteiger partial charge in [-0.05, 0) is 141 Å². The van der Waals surface area contributed by atoms with Gasteiger partial charge in [0.1, 0.15) is 13.2 Å². The van der Waals surface area contributed by atoms with Crippen molar-refractivity contribution in [2.24, 2.45) is 0 Å². The van der Waals surface area contributed by atoms with Crippen LogP contribution in [-0.2, 0) is 28.6 Å². The number of ether oxygens (including phenoxy) is 3. The zero-order chi connectivity index (χ0) is 58.5. The Morgan fingerprint density at radius 3 is 0.877 bits per heavy atom. The van der Waals surface area contributed by atoms with Crippen molar-refractivity contribution in [3.05, 3.63) is 182 Å². The van der Waals surface area contributed by atoms with E-state index < -0.39 is 12.1 Å². The summed E-state index contributed by atoms with van der Waals surface area (Å²) >= 11 is 0. The van der Waals surface area contributed by atoms with Gasteiger partial charge >= 0.3 is 17.9 Å². The predicted octanol–water partition coefficient (Wildman–Crippen LogP) is 22.4. The van der Waals surface area contributed by atoms with Crippen molar-refractivity contribution in [3.63, 3.8) is 0 Å². The lowest BCUT2D eigenvalue weighted by atomic mass is 10.1. The number of carbonyl (C=O) groups excluding carboxylic acids is 3. The van der Waals surface area contributed by atoms with Crippen LogP contribution in [0.1, 0.15) is 252 Å². The van der Waals surface area contributed by atoms with E-state index in [-0.39, 0.29) is 38.0 Å². The molecule has 81 heavy (non-hydrogen) atoms. The van der Waals surface area contributed by atoms with Crippen molar-refractivity contribution in [2.45, 2.75) is 258 Å². The molecule has 0 N–H and O–H groups in total. The SMILES string of the molecule is CC/C=C\C/C=C\C/C=C\C/C=C\C/C=C\C/C=C\C/C=C\CCCCCC(=O)OCC(COC(=O)C/C=C\C/C=C\C/C=C\C/C=C\C/C=C\CC)OC(=O)CCCCCCCCCC/C=C\C/C=C\C/C=C\CCCCCCC. The highest BCUT2D eigenvalue weighted by Gasteiger charge is 2.19. The number of hydrogen-bond acceptors (Lipinski definition) is 6. The van der Waals surface area contributed by atoms with Crippen molar-refractivity contribution < 1.29 is 28.6 Å². The van der Waals surface area contributed by atoms with Crippen LogP contribution in [0.2, 0.25) is 0 Å². The highest BCUT2D eigenvalue weighted by molar-refractivity contribution is 5.72. The zero-order valence-electron chi connectivity index (χ0n) is 51.7. The third-order valence-electron chi connectivity index (χ3n) is 12.9. The molecule has 0 saturated carbocycles. The van der Waals surface area contributed by atoms with Gasteiger partial charge in [0.2, 0.25) is 0 Å². The summed E-state index contributed by atoms with van der Waals surface area (Å²) in [6.07, 6.45) is 101. The zero-order valence-corrected chi connectivity index (χ0v) is 51.7. The van der Waals surface area contributed by atoms with Crippen LogP contribution in [0.5, 0.6) is 0 Å². The third kappa shape index (κ3) is 65.2. The normalized spacial score (nSPS) is 13.4. The molecule has 0 aromatic carbocycles. The number of rotatable bonds is 56. The van der Waals surface area contributed by atoms with Crippen molar-refractivity contribution in [3.8, 4) is 0 Å². The van der Waals surface area contributed by atoms with Gasteiger partial charge in [0, 0.05) is 12.8 Å². The third-order valence-corrected chi connectivity index (χ3v) is 12.9. The van der Waals surface area contributed by atoms with E-state index in [1.165, 1.54) is 64.2 Å². The summed E-state index contributed by atoms with van der Waals surface area (Å²) in [5.41, 5.74) is 0. The van der Waals surface area contributed by atoms with Crippen molar-refractivity contribution in [1.29, 1.82) is 0 Å². The van der Waals surface area contributed by atoms with E-state index in [9.17, 15) is 14.4 Å². The molecule has 0 aromatic rings. The fourth-order valence-electron chi connectivity index (χ4n) is 8.15. The second-order valence-corrected chi connectivity index (χ2v) is 20.6. The topological polar surface area (TPSA) is 78.9 Å². The molecule has 0 aliphatic rings. The monoisotopic (exact) mass is 1110 g/mol. The molecular formula is C75H116O6. The Kier molecular flexibility index (Phi) is 62.5. The molecule has 0 aliphatic carbocycles. The molecule has 0 rings (SSSR count). The minimum atomic E-state index is -0.849. The fourth-order valence-corrected chi connectivity index (χ4v) is 8.15. The van der Waals surface area contributed by atoms with Crippen LogP contribution in [0.4, 0.5) is 0 Å². The summed E-state index contributed by atoms with van der Waals surface area (Å²) < 4.78 is 16.8. The molecule has 0 saturated heterocycles. The highest BCUT2D eigenvalue weighted by atomic mass is 16.6. The molecule has 452 valence electrons. The lowest BCUT2D eigenvalue weighted by Gasteiger charge is -2.18. The summed E-state index contributed by atoms with van der Waals surface area (Å²) in [4.78, 5) is 38.3. The Hall–Kier alpha value is -5.49. The van der Waals surface area contributed by atoms with Crippen molar-refractivity contribution in [1.82, 2.24) is 0 Å². The van der Waals surface area contributed by atoms with Gasteiger partial charge < -0.3 is 14.2 Å². The first kappa shape index (κ1) is 75.5. The summed E-state index contributed by atoms with van der Waals surface area (Å²) in [7, 11) is 0. The molecule has 0 fully saturated rings. The van der Waals surface area contributed by atoms with Gasteiger partial charge in [0.25, 0.3) is 0 Å². The summed E-state index contributed by atoms with van der Waals surface area (Å²) in [5, 5.41) is 0. The van der Waals surface area contributed by atoms with Crippen molar-refractivity contribution >= 4 is 17.9 Å². The molecule has 0 bridgehead atoms. The van der Waals surface area contributed by atoms with Gasteiger partial charge in [-0.15, -0.1) is 0 Å². The number of carbonyl (C=O) groups is 3. The Morgan fingerprint density at radius 2 is 0.531 bits per heavy atom. The number of unbranched alkanes of at least 4 members (excludes halogenated alkanes) is 16. The predicted molar refractivity (Wildman–Crippen MR) is 352 cm³/mol. The van der Waals surface area contributed by atoms with Crippen LogP contribution in [0, 0.1) is 0 Å². The highest BCUT2D eigenvalue weighted by Crippen LogP contribution is 2.13. The van der Waals surface area contributed by atoms with E-state index in [0.29, 0.717) is 6.42 Å². The van der Waals surface area contributed by atoms with Crippen LogP contribution in [0.3, 0.4) is 0 Å². The van der Waals surface area contributed by atoms with Crippen molar-refractivity contribution in [2.75, 3.05) is 13.2 Å². The number of hydrogen-bond donors (Lipinski definition) is 0. The Labute approximate surface area is 497 Å². The maximum atomic E-state index is 12.9. The van der Waals surface area contributed by atoms with E-state index in [2.05, 4.69) is 191 Å².